The first-order valence-corrected chi connectivity index (χ1v) is 5.95. The first-order valence-electron chi connectivity index (χ1n) is 5.95. The van der Waals surface area contributed by atoms with Crippen molar-refractivity contribution in [2.24, 2.45) is 5.92 Å². The SMILES string of the molecule is O=C([C@H]1CCCO1)N1CCC[C@@H](C(F)(F)F)C1. The first kappa shape index (κ1) is 12.7. The van der Waals surface area contributed by atoms with E-state index in [1.807, 2.05) is 0 Å². The number of ether oxygens (including phenoxy) is 1. The number of alkyl halides is 3. The molecule has 0 aromatic rings. The molecule has 0 aromatic carbocycles. The number of likely N-dealkylation sites (tertiary alicyclic amines) is 1. The smallest absolute Gasteiger partial charge is 0.368 e. The molecule has 0 N–H and O–H groups in total. The highest BCUT2D eigenvalue weighted by molar-refractivity contribution is 5.81. The lowest BCUT2D eigenvalue weighted by Crippen LogP contribution is -2.48. The fraction of sp³-hybridized carbons (Fsp3) is 0.909. The molecule has 0 saturated carbocycles. The number of amides is 1. The van der Waals surface area contributed by atoms with Crippen LogP contribution >= 0.6 is 0 Å². The van der Waals surface area contributed by atoms with Gasteiger partial charge in [-0.2, -0.15) is 13.2 Å². The zero-order valence-corrected chi connectivity index (χ0v) is 9.50. The van der Waals surface area contributed by atoms with Crippen LogP contribution in [0.4, 0.5) is 13.2 Å². The van der Waals surface area contributed by atoms with Crippen LogP contribution in [0, 0.1) is 5.92 Å². The van der Waals surface area contributed by atoms with Crippen molar-refractivity contribution in [1.82, 2.24) is 4.90 Å². The predicted molar refractivity (Wildman–Crippen MR) is 54.3 cm³/mol. The van der Waals surface area contributed by atoms with Crippen LogP contribution < -0.4 is 0 Å². The fourth-order valence-electron chi connectivity index (χ4n) is 2.42. The van der Waals surface area contributed by atoms with Crippen LogP contribution in [-0.4, -0.2) is 42.8 Å². The molecule has 2 heterocycles. The Hall–Kier alpha value is -0.780. The number of carbonyl (C=O) groups is 1. The molecular weight excluding hydrogens is 235 g/mol. The molecule has 6 heteroatoms. The Bertz CT molecular complexity index is 287. The average molecular weight is 251 g/mol. The van der Waals surface area contributed by atoms with Gasteiger partial charge >= 0.3 is 6.18 Å². The van der Waals surface area contributed by atoms with Crippen molar-refractivity contribution >= 4 is 5.91 Å². The van der Waals surface area contributed by atoms with Crippen LogP contribution in [0.3, 0.4) is 0 Å². The van der Waals surface area contributed by atoms with E-state index in [0.29, 0.717) is 26.0 Å². The van der Waals surface area contributed by atoms with Crippen molar-refractivity contribution in [3.8, 4) is 0 Å². The van der Waals surface area contributed by atoms with E-state index in [-0.39, 0.29) is 18.9 Å². The second kappa shape index (κ2) is 4.84. The molecule has 0 spiro atoms. The van der Waals surface area contributed by atoms with E-state index in [1.165, 1.54) is 4.90 Å². The van der Waals surface area contributed by atoms with Gasteiger partial charge in [-0.25, -0.2) is 0 Å². The predicted octanol–water partition coefficient (Wildman–Crippen LogP) is 1.97. The minimum absolute atomic E-state index is 0.124. The molecule has 0 bridgehead atoms. The van der Waals surface area contributed by atoms with E-state index < -0.39 is 18.2 Å². The lowest BCUT2D eigenvalue weighted by atomic mass is 9.97. The Kier molecular flexibility index (Phi) is 3.61. The maximum absolute atomic E-state index is 12.6. The van der Waals surface area contributed by atoms with E-state index in [2.05, 4.69) is 0 Å². The summed E-state index contributed by atoms with van der Waals surface area (Å²) in [5.41, 5.74) is 0. The Balaban J connectivity index is 1.94. The van der Waals surface area contributed by atoms with Crippen LogP contribution in [0.15, 0.2) is 0 Å². The summed E-state index contributed by atoms with van der Waals surface area (Å²) in [6, 6.07) is 0. The number of carbonyl (C=O) groups excluding carboxylic acids is 1. The van der Waals surface area contributed by atoms with E-state index in [1.54, 1.807) is 0 Å². The number of hydrogen-bond donors (Lipinski definition) is 0. The zero-order chi connectivity index (χ0) is 12.5. The topological polar surface area (TPSA) is 29.5 Å². The molecule has 2 aliphatic heterocycles. The van der Waals surface area contributed by atoms with Crippen LogP contribution in [0.5, 0.6) is 0 Å². The van der Waals surface area contributed by atoms with Crippen LogP contribution in [0.2, 0.25) is 0 Å². The third kappa shape index (κ3) is 2.91. The highest BCUT2D eigenvalue weighted by Gasteiger charge is 2.43. The van der Waals surface area contributed by atoms with Crippen molar-refractivity contribution < 1.29 is 22.7 Å². The maximum Gasteiger partial charge on any atom is 0.393 e. The molecule has 3 nitrogen and oxygen atoms in total. The molecule has 0 aromatic heterocycles. The van der Waals surface area contributed by atoms with Gasteiger partial charge in [0, 0.05) is 19.7 Å². The Morgan fingerprint density at radius 1 is 1.24 bits per heavy atom. The van der Waals surface area contributed by atoms with Crippen LogP contribution in [-0.2, 0) is 9.53 Å². The highest BCUT2D eigenvalue weighted by atomic mass is 19.4. The van der Waals surface area contributed by atoms with Crippen molar-refractivity contribution in [2.45, 2.75) is 38.0 Å². The molecule has 17 heavy (non-hydrogen) atoms. The second-order valence-corrected chi connectivity index (χ2v) is 4.67. The van der Waals surface area contributed by atoms with Crippen molar-refractivity contribution in [2.75, 3.05) is 19.7 Å². The maximum atomic E-state index is 12.6. The molecule has 0 unspecified atom stereocenters. The summed E-state index contributed by atoms with van der Waals surface area (Å²) in [6.45, 7) is 0.750. The van der Waals surface area contributed by atoms with Gasteiger partial charge in [0.05, 0.1) is 5.92 Å². The molecule has 1 amide bonds. The summed E-state index contributed by atoms with van der Waals surface area (Å²) in [6.07, 6.45) is -2.72. The molecule has 2 aliphatic rings. The van der Waals surface area contributed by atoms with Gasteiger partial charge in [-0.1, -0.05) is 0 Å². The quantitative estimate of drug-likeness (QED) is 0.713. The van der Waals surface area contributed by atoms with Crippen molar-refractivity contribution in [1.29, 1.82) is 0 Å². The summed E-state index contributed by atoms with van der Waals surface area (Å²) in [5, 5.41) is 0. The number of rotatable bonds is 1. The molecule has 2 atom stereocenters. The Morgan fingerprint density at radius 3 is 2.59 bits per heavy atom. The third-order valence-electron chi connectivity index (χ3n) is 3.40. The van der Waals surface area contributed by atoms with E-state index in [0.717, 1.165) is 6.42 Å². The fourth-order valence-corrected chi connectivity index (χ4v) is 2.42. The summed E-state index contributed by atoms with van der Waals surface area (Å²) in [4.78, 5) is 13.2. The molecule has 98 valence electrons. The molecule has 2 rings (SSSR count). The summed E-state index contributed by atoms with van der Waals surface area (Å²) < 4.78 is 43.0. The minimum atomic E-state index is -4.20. The van der Waals surface area contributed by atoms with Crippen molar-refractivity contribution in [3.05, 3.63) is 0 Å². The standard InChI is InChI=1S/C11H16F3NO2/c12-11(13,14)8-3-1-5-15(7-8)10(16)9-4-2-6-17-9/h8-9H,1-7H2/t8-,9-/m1/s1. The average Bonchev–Trinajstić information content (AvgIpc) is 2.80. The van der Waals surface area contributed by atoms with Gasteiger partial charge in [-0.15, -0.1) is 0 Å². The number of nitrogens with zero attached hydrogens (tertiary/aromatic N) is 1. The largest absolute Gasteiger partial charge is 0.393 e. The van der Waals surface area contributed by atoms with Gasteiger partial charge in [-0.05, 0) is 25.7 Å². The van der Waals surface area contributed by atoms with Gasteiger partial charge < -0.3 is 9.64 Å². The van der Waals surface area contributed by atoms with Gasteiger partial charge in [0.15, 0.2) is 0 Å². The molecular formula is C11H16F3NO2. The summed E-state index contributed by atoms with van der Waals surface area (Å²) in [7, 11) is 0. The second-order valence-electron chi connectivity index (χ2n) is 4.67. The highest BCUT2D eigenvalue weighted by Crippen LogP contribution is 2.33. The normalized spacial score (nSPS) is 30.6. The number of piperidine rings is 1. The number of hydrogen-bond acceptors (Lipinski definition) is 2. The van der Waals surface area contributed by atoms with Gasteiger partial charge in [0.1, 0.15) is 6.10 Å². The van der Waals surface area contributed by atoms with Crippen LogP contribution in [0.1, 0.15) is 25.7 Å². The Labute approximate surface area is 97.9 Å². The van der Waals surface area contributed by atoms with Gasteiger partial charge in [-0.3, -0.25) is 4.79 Å². The molecule has 0 aliphatic carbocycles. The first-order chi connectivity index (χ1) is 7.98. The lowest BCUT2D eigenvalue weighted by Gasteiger charge is -2.34. The lowest BCUT2D eigenvalue weighted by molar-refractivity contribution is -0.189. The van der Waals surface area contributed by atoms with Crippen LogP contribution in [0.25, 0.3) is 0 Å². The number of halogens is 3. The Morgan fingerprint density at radius 2 is 2.00 bits per heavy atom. The van der Waals surface area contributed by atoms with E-state index in [9.17, 15) is 18.0 Å². The molecule has 0 radical (unpaired) electrons. The monoisotopic (exact) mass is 251 g/mol. The minimum Gasteiger partial charge on any atom is -0.368 e. The molecule has 2 fully saturated rings. The third-order valence-corrected chi connectivity index (χ3v) is 3.40. The van der Waals surface area contributed by atoms with Gasteiger partial charge in [0.2, 0.25) is 0 Å². The summed E-state index contributed by atoms with van der Waals surface area (Å²) >= 11 is 0. The molecule has 2 saturated heterocycles. The van der Waals surface area contributed by atoms with Crippen molar-refractivity contribution in [3.63, 3.8) is 0 Å². The van der Waals surface area contributed by atoms with Gasteiger partial charge in [0.25, 0.3) is 5.91 Å². The summed E-state index contributed by atoms with van der Waals surface area (Å²) in [5.74, 6) is -1.64. The van der Waals surface area contributed by atoms with E-state index in [4.69, 9.17) is 4.74 Å². The zero-order valence-electron chi connectivity index (χ0n) is 9.50. The van der Waals surface area contributed by atoms with E-state index >= 15 is 0 Å².